The van der Waals surface area contributed by atoms with Gasteiger partial charge in [-0.2, -0.15) is 4.72 Å². The van der Waals surface area contributed by atoms with Crippen molar-refractivity contribution >= 4 is 21.6 Å². The molecule has 0 spiro atoms. The van der Waals surface area contributed by atoms with E-state index in [0.29, 0.717) is 13.0 Å². The van der Waals surface area contributed by atoms with Gasteiger partial charge in [0.2, 0.25) is 15.9 Å². The highest BCUT2D eigenvalue weighted by Crippen LogP contribution is 2.37. The summed E-state index contributed by atoms with van der Waals surface area (Å²) in [5, 5.41) is 0. The minimum absolute atomic E-state index is 0.145. The third-order valence-corrected chi connectivity index (χ3v) is 7.78. The molecule has 2 aliphatic rings. The topological polar surface area (TPSA) is 66.5 Å². The maximum absolute atomic E-state index is 13.4. The van der Waals surface area contributed by atoms with Crippen LogP contribution in [0.25, 0.3) is 0 Å². The number of sulfonamides is 1. The van der Waals surface area contributed by atoms with E-state index in [4.69, 9.17) is 0 Å². The molecular formula is C26H26N2O3S. The molecule has 32 heavy (non-hydrogen) atoms. The van der Waals surface area contributed by atoms with Crippen LogP contribution in [0.4, 0.5) is 5.69 Å². The first-order chi connectivity index (χ1) is 15.4. The minimum Gasteiger partial charge on any atom is -0.312 e. The number of hydrogen-bond donors (Lipinski definition) is 1. The number of fused-ring (bicyclic) bond motifs is 1. The fraction of sp³-hybridized carbons (Fsp3) is 0.269. The van der Waals surface area contributed by atoms with E-state index in [0.717, 1.165) is 40.8 Å². The molecule has 0 radical (unpaired) electrons. The molecule has 3 aromatic carbocycles. The zero-order chi connectivity index (χ0) is 22.3. The van der Waals surface area contributed by atoms with E-state index in [2.05, 4.69) is 4.72 Å². The summed E-state index contributed by atoms with van der Waals surface area (Å²) in [6, 6.07) is 22.0. The normalized spacial score (nSPS) is 16.6. The van der Waals surface area contributed by atoms with Gasteiger partial charge in [-0.1, -0.05) is 54.6 Å². The first-order valence-electron chi connectivity index (χ1n) is 11.0. The summed E-state index contributed by atoms with van der Waals surface area (Å²) in [6.45, 7) is 2.61. The van der Waals surface area contributed by atoms with E-state index in [-0.39, 0.29) is 16.7 Å². The van der Waals surface area contributed by atoms with E-state index >= 15 is 0 Å². The highest BCUT2D eigenvalue weighted by atomic mass is 32.2. The molecule has 1 aliphatic heterocycles. The molecule has 1 N–H and O–H groups in total. The lowest BCUT2D eigenvalue weighted by atomic mass is 9.96. The molecular weight excluding hydrogens is 420 g/mol. The third kappa shape index (κ3) is 3.96. The van der Waals surface area contributed by atoms with E-state index in [1.807, 2.05) is 66.4 Å². The zero-order valence-electron chi connectivity index (χ0n) is 18.0. The number of aryl methyl sites for hydroxylation is 1. The van der Waals surface area contributed by atoms with Gasteiger partial charge in [0.1, 0.15) is 0 Å². The Bertz CT molecular complexity index is 1270. The molecule has 5 nitrogen and oxygen atoms in total. The summed E-state index contributed by atoms with van der Waals surface area (Å²) in [4.78, 5) is 14.6. The van der Waals surface area contributed by atoms with Crippen LogP contribution in [0.5, 0.6) is 0 Å². The molecule has 3 aromatic rings. The van der Waals surface area contributed by atoms with Crippen LogP contribution in [0.1, 0.15) is 41.1 Å². The molecule has 164 valence electrons. The van der Waals surface area contributed by atoms with Gasteiger partial charge in [0, 0.05) is 18.2 Å². The molecule has 1 aliphatic carbocycles. The summed E-state index contributed by atoms with van der Waals surface area (Å²) in [7, 11) is -3.79. The number of benzene rings is 3. The highest BCUT2D eigenvalue weighted by Gasteiger charge is 2.37. The van der Waals surface area contributed by atoms with Gasteiger partial charge in [-0.25, -0.2) is 8.42 Å². The molecule has 1 atom stereocenters. The van der Waals surface area contributed by atoms with Crippen molar-refractivity contribution in [1.29, 1.82) is 0 Å². The predicted octanol–water partition coefficient (Wildman–Crippen LogP) is 4.36. The quantitative estimate of drug-likeness (QED) is 0.612. The molecule has 1 saturated carbocycles. The monoisotopic (exact) mass is 446 g/mol. The summed E-state index contributed by atoms with van der Waals surface area (Å²) < 4.78 is 29.8. The number of hydrogen-bond acceptors (Lipinski definition) is 3. The van der Waals surface area contributed by atoms with Gasteiger partial charge in [-0.05, 0) is 66.6 Å². The van der Waals surface area contributed by atoms with Gasteiger partial charge in [0.25, 0.3) is 0 Å². The van der Waals surface area contributed by atoms with Crippen LogP contribution >= 0.6 is 0 Å². The molecule has 1 fully saturated rings. The first kappa shape index (κ1) is 20.9. The highest BCUT2D eigenvalue weighted by molar-refractivity contribution is 7.89. The number of amides is 1. The SMILES string of the molecule is Cc1ccccc1[C@H](NS(=O)(=O)c1ccc2c(c1)CCN2C(=O)C1CC1)c1ccccc1. The molecule has 0 unspecified atom stereocenters. The Morgan fingerprint density at radius 1 is 1.00 bits per heavy atom. The smallest absolute Gasteiger partial charge is 0.241 e. The van der Waals surface area contributed by atoms with Gasteiger partial charge < -0.3 is 4.90 Å². The van der Waals surface area contributed by atoms with Gasteiger partial charge in [-0.15, -0.1) is 0 Å². The number of rotatable bonds is 6. The zero-order valence-corrected chi connectivity index (χ0v) is 18.8. The van der Waals surface area contributed by atoms with Crippen LogP contribution in [-0.4, -0.2) is 20.9 Å². The second-order valence-corrected chi connectivity index (χ2v) is 10.3. The fourth-order valence-corrected chi connectivity index (χ4v) is 5.67. The van der Waals surface area contributed by atoms with Crippen molar-refractivity contribution in [3.05, 3.63) is 95.1 Å². The van der Waals surface area contributed by atoms with Gasteiger partial charge in [0.05, 0.1) is 10.9 Å². The first-order valence-corrected chi connectivity index (χ1v) is 12.5. The van der Waals surface area contributed by atoms with Crippen LogP contribution in [0.2, 0.25) is 0 Å². The predicted molar refractivity (Wildman–Crippen MR) is 125 cm³/mol. The number of carbonyl (C=O) groups excluding carboxylic acids is 1. The van der Waals surface area contributed by atoms with Crippen molar-refractivity contribution < 1.29 is 13.2 Å². The average molecular weight is 447 g/mol. The average Bonchev–Trinajstić information content (AvgIpc) is 3.57. The van der Waals surface area contributed by atoms with Gasteiger partial charge in [0.15, 0.2) is 0 Å². The molecule has 5 rings (SSSR count). The van der Waals surface area contributed by atoms with Crippen molar-refractivity contribution in [3.63, 3.8) is 0 Å². The maximum Gasteiger partial charge on any atom is 0.241 e. The van der Waals surface area contributed by atoms with Crippen LogP contribution in [0.3, 0.4) is 0 Å². The van der Waals surface area contributed by atoms with Gasteiger partial charge in [-0.3, -0.25) is 4.79 Å². The molecule has 0 saturated heterocycles. The summed E-state index contributed by atoms with van der Waals surface area (Å²) in [5.41, 5.74) is 4.58. The van der Waals surface area contributed by atoms with E-state index in [1.165, 1.54) is 0 Å². The molecule has 0 aromatic heterocycles. The lowest BCUT2D eigenvalue weighted by Crippen LogP contribution is -2.30. The Kier molecular flexibility index (Phi) is 5.35. The lowest BCUT2D eigenvalue weighted by Gasteiger charge is -2.22. The van der Waals surface area contributed by atoms with E-state index in [9.17, 15) is 13.2 Å². The standard InChI is InChI=1S/C26H26N2O3S/c1-18-7-5-6-10-23(18)25(19-8-3-2-4-9-19)27-32(30,31)22-13-14-24-21(17-22)15-16-28(24)26(29)20-11-12-20/h2-10,13-14,17,20,25,27H,11-12,15-16H2,1H3/t25-/m1/s1. The van der Waals surface area contributed by atoms with Gasteiger partial charge >= 0.3 is 0 Å². The van der Waals surface area contributed by atoms with Crippen LogP contribution in [0.15, 0.2) is 77.7 Å². The Morgan fingerprint density at radius 3 is 2.44 bits per heavy atom. The Morgan fingerprint density at radius 2 is 1.72 bits per heavy atom. The maximum atomic E-state index is 13.4. The molecule has 6 heteroatoms. The molecule has 0 bridgehead atoms. The van der Waals surface area contributed by atoms with Crippen LogP contribution < -0.4 is 9.62 Å². The lowest BCUT2D eigenvalue weighted by molar-refractivity contribution is -0.119. The second kappa shape index (κ2) is 8.19. The summed E-state index contributed by atoms with van der Waals surface area (Å²) in [6.07, 6.45) is 2.60. The Balaban J connectivity index is 1.47. The number of carbonyl (C=O) groups is 1. The second-order valence-electron chi connectivity index (χ2n) is 8.63. The van der Waals surface area contributed by atoms with Crippen molar-refractivity contribution in [2.24, 2.45) is 5.92 Å². The number of nitrogens with one attached hydrogen (secondary N) is 1. The number of anilines is 1. The van der Waals surface area contributed by atoms with Crippen molar-refractivity contribution in [1.82, 2.24) is 4.72 Å². The molecule has 1 heterocycles. The van der Waals surface area contributed by atoms with Crippen molar-refractivity contribution in [3.8, 4) is 0 Å². The van der Waals surface area contributed by atoms with Crippen LogP contribution in [0, 0.1) is 12.8 Å². The van der Waals surface area contributed by atoms with Crippen LogP contribution in [-0.2, 0) is 21.2 Å². The van der Waals surface area contributed by atoms with Crippen molar-refractivity contribution in [2.45, 2.75) is 37.1 Å². The van der Waals surface area contributed by atoms with E-state index in [1.54, 1.807) is 18.2 Å². The Hall–Kier alpha value is -2.96. The fourth-order valence-electron chi connectivity index (χ4n) is 4.42. The van der Waals surface area contributed by atoms with Crippen molar-refractivity contribution in [2.75, 3.05) is 11.4 Å². The van der Waals surface area contributed by atoms with E-state index < -0.39 is 16.1 Å². The summed E-state index contributed by atoms with van der Waals surface area (Å²) in [5.74, 6) is 0.313. The number of nitrogens with zero attached hydrogens (tertiary/aromatic N) is 1. The third-order valence-electron chi connectivity index (χ3n) is 6.35. The Labute approximate surface area is 189 Å². The molecule has 1 amide bonds. The summed E-state index contributed by atoms with van der Waals surface area (Å²) >= 11 is 0. The largest absolute Gasteiger partial charge is 0.312 e. The minimum atomic E-state index is -3.79.